The first-order valence-corrected chi connectivity index (χ1v) is 41.2. The minimum absolute atomic E-state index is 0.0117. The molecule has 0 bridgehead atoms. The number of esters is 2. The van der Waals surface area contributed by atoms with Crippen LogP contribution in [-0.4, -0.2) is 164 Å². The largest absolute Gasteiger partial charge is 0.470 e. The highest BCUT2D eigenvalue weighted by molar-refractivity contribution is 7.46. The number of aliphatic hydroxyl groups is 1. The summed E-state index contributed by atoms with van der Waals surface area (Å²) in [5.41, 5.74) is 0. The molecule has 27 heteroatoms. The van der Waals surface area contributed by atoms with E-state index in [1.807, 2.05) is 0 Å². The fourth-order valence-corrected chi connectivity index (χ4v) is 13.2. The molecule has 99 heavy (non-hydrogen) atoms. The number of hydrogen-bond donors (Lipinski definition) is 7. The van der Waals surface area contributed by atoms with E-state index < -0.39 is 100 Å². The van der Waals surface area contributed by atoms with E-state index in [9.17, 15) is 48.2 Å². The molecule has 0 aliphatic carbocycles. The molecule has 0 saturated carbocycles. The van der Waals surface area contributed by atoms with E-state index in [0.29, 0.717) is 58.0 Å². The van der Waals surface area contributed by atoms with Crippen LogP contribution < -0.4 is 21.3 Å². The Kier molecular flexibility index (Phi) is 57.7. The van der Waals surface area contributed by atoms with Gasteiger partial charge in [0, 0.05) is 70.5 Å². The molecule has 7 N–H and O–H groups in total. The van der Waals surface area contributed by atoms with Crippen molar-refractivity contribution in [2.45, 2.75) is 371 Å². The maximum Gasteiger partial charge on any atom is 0.470 e. The second-order valence-electron chi connectivity index (χ2n) is 26.9. The van der Waals surface area contributed by atoms with Crippen LogP contribution >= 0.6 is 26.8 Å². The second kappa shape index (κ2) is 61.7. The summed E-state index contributed by atoms with van der Waals surface area (Å²) in [6.45, 7) is 8.41. The van der Waals surface area contributed by atoms with Crippen molar-refractivity contribution >= 4 is 62.3 Å². The topological polar surface area (TPSA) is 321 Å². The standard InChI is InChI=1S/C72H137N4O20P3/c1-5-9-13-15-17-19-21-23-25-31-39-47-63(82)94-69-65(75-61(80)45-37-29-27-33-41-49-73-59(78)43-35-11-7-3)71(88-52-54-91-98)93-58(67(69)87-51-53-90-97)56-89-72-66(76-62(81)46-38-30-28-34-42-50-74-60(79)44-36-12-8-4)70(68(57(55-77)92-72)96-99(84,85)86)95-64(83)48-40-32-26-24-22-20-18-16-14-10-6-2/h57-58,65-72,77H,5-56,97-98H2,1-4H3,(H,73,78)(H,74,79)(H,75,80)(H,76,81)(H2,84,85,86)/t57-,58-,65+,66+,67-,68-,69-,70-,71+,72-/m1/s1. The van der Waals surface area contributed by atoms with Crippen molar-refractivity contribution in [3.63, 3.8) is 0 Å². The molecule has 2 saturated heterocycles. The molecule has 0 radical (unpaired) electrons. The van der Waals surface area contributed by atoms with Gasteiger partial charge < -0.3 is 78.4 Å². The van der Waals surface area contributed by atoms with Gasteiger partial charge in [-0.3, -0.25) is 33.3 Å². The van der Waals surface area contributed by atoms with Crippen LogP contribution in [0.3, 0.4) is 0 Å². The van der Waals surface area contributed by atoms with Crippen molar-refractivity contribution in [3.05, 3.63) is 0 Å². The molecule has 12 atom stereocenters. The molecule has 0 aromatic heterocycles. The van der Waals surface area contributed by atoms with E-state index in [-0.39, 0.29) is 69.8 Å². The fraction of sp³-hybridized carbons (Fsp3) is 0.917. The van der Waals surface area contributed by atoms with Gasteiger partial charge in [0.25, 0.3) is 0 Å². The Bertz CT molecular complexity index is 2110. The number of carbonyl (C=O) groups is 6. The van der Waals surface area contributed by atoms with Crippen LogP contribution in [0.5, 0.6) is 0 Å². The Hall–Kier alpha value is -2.53. The highest BCUT2D eigenvalue weighted by atomic mass is 31.2. The van der Waals surface area contributed by atoms with E-state index in [1.165, 1.54) is 70.6 Å². The average molecular weight is 1470 g/mol. The van der Waals surface area contributed by atoms with Gasteiger partial charge in [-0.2, -0.15) is 0 Å². The Morgan fingerprint density at radius 1 is 0.384 bits per heavy atom. The van der Waals surface area contributed by atoms with Gasteiger partial charge in [0.15, 0.2) is 24.8 Å². The summed E-state index contributed by atoms with van der Waals surface area (Å²) in [7, 11) is -1.08. The predicted molar refractivity (Wildman–Crippen MR) is 390 cm³/mol. The summed E-state index contributed by atoms with van der Waals surface area (Å²) in [6, 6.07) is -2.65. The zero-order valence-corrected chi connectivity index (χ0v) is 64.6. The maximum absolute atomic E-state index is 14.2. The zero-order valence-electron chi connectivity index (χ0n) is 61.4. The predicted octanol–water partition coefficient (Wildman–Crippen LogP) is 13.2. The number of rotatable bonds is 66. The van der Waals surface area contributed by atoms with Crippen LogP contribution in [0.15, 0.2) is 0 Å². The molecule has 0 aromatic rings. The molecule has 2 rings (SSSR count). The molecule has 2 aliphatic rings. The lowest BCUT2D eigenvalue weighted by Crippen LogP contribution is -2.68. The number of phosphoric acid groups is 1. The van der Waals surface area contributed by atoms with E-state index in [4.69, 9.17) is 46.7 Å². The lowest BCUT2D eigenvalue weighted by molar-refractivity contribution is -0.309. The summed E-state index contributed by atoms with van der Waals surface area (Å²) < 4.78 is 73.8. The lowest BCUT2D eigenvalue weighted by Gasteiger charge is -2.47. The van der Waals surface area contributed by atoms with Crippen molar-refractivity contribution in [2.75, 3.05) is 52.7 Å². The smallest absolute Gasteiger partial charge is 0.457 e. The Morgan fingerprint density at radius 3 is 1.10 bits per heavy atom. The van der Waals surface area contributed by atoms with Gasteiger partial charge in [0.05, 0.1) is 39.6 Å². The van der Waals surface area contributed by atoms with E-state index in [1.54, 1.807) is 0 Å². The van der Waals surface area contributed by atoms with E-state index in [0.717, 1.165) is 141 Å². The number of phosphoric ester groups is 1. The first kappa shape index (κ1) is 92.6. The molecule has 0 spiro atoms. The third-order valence-corrected chi connectivity index (χ3v) is 19.1. The lowest BCUT2D eigenvalue weighted by atomic mass is 9.95. The summed E-state index contributed by atoms with van der Waals surface area (Å²) >= 11 is 0. The van der Waals surface area contributed by atoms with Crippen molar-refractivity contribution < 1.29 is 95.0 Å². The van der Waals surface area contributed by atoms with Crippen LogP contribution in [-0.2, 0) is 80.1 Å². The SMILES string of the molecule is CCCCCCCCCCCCCC(=O)O[C@@H]1[C@H](NC(=O)CCCCCCCNC(=O)CCCCC)[C@@H](OCCOP)O[C@H](CO[C@@H]2O[C@H](CO)[C@@H](OP(=O)(O)O)[C@H](OC(=O)CCCCCCCCCCCCC)[C@@H]2NC(=O)CCCCCCCNC(=O)CCCCC)[C@H]1OCCOP. The molecular formula is C72H137N4O20P3. The summed E-state index contributed by atoms with van der Waals surface area (Å²) in [5.74, 6) is -2.07. The first-order chi connectivity index (χ1) is 48.0. The number of nitrogens with one attached hydrogen (secondary N) is 4. The highest BCUT2D eigenvalue weighted by Gasteiger charge is 2.54. The Labute approximate surface area is 600 Å². The van der Waals surface area contributed by atoms with Crippen LogP contribution in [0.1, 0.15) is 310 Å². The molecular weight excluding hydrogens is 1330 g/mol. The minimum Gasteiger partial charge on any atom is -0.457 e. The maximum atomic E-state index is 14.2. The molecule has 0 aromatic carbocycles. The number of carbonyl (C=O) groups excluding carboxylic acids is 6. The third-order valence-electron chi connectivity index (χ3n) is 18.1. The average Bonchev–Trinajstić information content (AvgIpc) is 0.825. The number of hydrogen-bond acceptors (Lipinski definition) is 18. The molecule has 2 heterocycles. The summed E-state index contributed by atoms with van der Waals surface area (Å²) in [6.07, 6.45) is 25.8. The second-order valence-corrected chi connectivity index (χ2v) is 28.8. The summed E-state index contributed by atoms with van der Waals surface area (Å²) in [4.78, 5) is 102. The van der Waals surface area contributed by atoms with Gasteiger partial charge in [-0.15, -0.1) is 0 Å². The van der Waals surface area contributed by atoms with Gasteiger partial charge in [-0.1, -0.05) is 220 Å². The van der Waals surface area contributed by atoms with Gasteiger partial charge in [0.1, 0.15) is 36.5 Å². The molecule has 24 nitrogen and oxygen atoms in total. The first-order valence-electron chi connectivity index (χ1n) is 38.7. The minimum atomic E-state index is -5.41. The Morgan fingerprint density at radius 2 is 0.707 bits per heavy atom. The zero-order chi connectivity index (χ0) is 72.4. The molecule has 4 amide bonds. The number of aliphatic hydroxyl groups excluding tert-OH is 1. The van der Waals surface area contributed by atoms with Crippen molar-refractivity contribution in [1.82, 2.24) is 21.3 Å². The normalized spacial score (nSPS) is 20.9. The van der Waals surface area contributed by atoms with Gasteiger partial charge in [-0.25, -0.2) is 4.57 Å². The van der Waals surface area contributed by atoms with Crippen LogP contribution in [0, 0.1) is 0 Å². The number of ether oxygens (including phenoxy) is 7. The fourth-order valence-electron chi connectivity index (χ4n) is 12.5. The number of amides is 4. The quantitative estimate of drug-likeness (QED) is 0.0169. The molecule has 2 aliphatic heterocycles. The molecule has 2 fully saturated rings. The Balaban J connectivity index is 2.55. The van der Waals surface area contributed by atoms with E-state index >= 15 is 0 Å². The van der Waals surface area contributed by atoms with E-state index in [2.05, 4.69) is 67.9 Å². The van der Waals surface area contributed by atoms with Gasteiger partial charge in [0.2, 0.25) is 23.6 Å². The van der Waals surface area contributed by atoms with Crippen LogP contribution in [0.4, 0.5) is 0 Å². The van der Waals surface area contributed by atoms with Gasteiger partial charge in [-0.05, 0) is 51.4 Å². The van der Waals surface area contributed by atoms with Crippen molar-refractivity contribution in [3.8, 4) is 0 Å². The van der Waals surface area contributed by atoms with Crippen LogP contribution in [0.2, 0.25) is 0 Å². The van der Waals surface area contributed by atoms with Crippen molar-refractivity contribution in [1.29, 1.82) is 0 Å². The monoisotopic (exact) mass is 1470 g/mol. The van der Waals surface area contributed by atoms with Gasteiger partial charge >= 0.3 is 19.8 Å². The summed E-state index contributed by atoms with van der Waals surface area (Å²) in [5, 5.41) is 22.8. The number of unbranched alkanes of at least 4 members (excludes halogenated alkanes) is 32. The van der Waals surface area contributed by atoms with Crippen LogP contribution in [0.25, 0.3) is 0 Å². The molecule has 2 unspecified atom stereocenters. The van der Waals surface area contributed by atoms with Crippen molar-refractivity contribution in [2.24, 2.45) is 0 Å². The third kappa shape index (κ3) is 46.8. The highest BCUT2D eigenvalue weighted by Crippen LogP contribution is 2.43. The molecule has 580 valence electrons.